The van der Waals surface area contributed by atoms with Crippen LogP contribution in [0.15, 0.2) is 0 Å². The minimum atomic E-state index is -3.38. The van der Waals surface area contributed by atoms with Gasteiger partial charge in [0.1, 0.15) is 0 Å². The van der Waals surface area contributed by atoms with Crippen LogP contribution in [0.4, 0.5) is 0 Å². The quantitative estimate of drug-likeness (QED) is 0.270. The van der Waals surface area contributed by atoms with E-state index in [1.54, 1.807) is 0 Å². The average Bonchev–Trinajstić information content (AvgIpc) is 2.51. The molecule has 0 aromatic carbocycles. The number of unbranched alkanes of at least 4 members (excludes halogenated alkanes) is 11. The van der Waals surface area contributed by atoms with Crippen LogP contribution in [0.1, 0.15) is 90.9 Å². The van der Waals surface area contributed by atoms with Crippen LogP contribution in [0, 0.1) is 0 Å². The van der Waals surface area contributed by atoms with Crippen LogP contribution in [-0.4, -0.2) is 45.8 Å². The molecular weight excluding hydrogens is 322 g/mol. The summed E-state index contributed by atoms with van der Waals surface area (Å²) in [5, 5.41) is 0. The van der Waals surface area contributed by atoms with Crippen LogP contribution in [-0.2, 0) is 14.3 Å². The Labute approximate surface area is 151 Å². The normalized spacial score (nSPS) is 13.5. The molecule has 0 saturated heterocycles. The van der Waals surface area contributed by atoms with E-state index in [0.29, 0.717) is 6.61 Å². The molecule has 0 aromatic rings. The largest absolute Gasteiger partial charge is 0.306 e. The van der Waals surface area contributed by atoms with E-state index in [-0.39, 0.29) is 11.8 Å². The lowest BCUT2D eigenvalue weighted by molar-refractivity contribution is 0.288. The minimum Gasteiger partial charge on any atom is -0.306 e. The van der Waals surface area contributed by atoms with Gasteiger partial charge in [-0.25, -0.2) is 0 Å². The molecule has 0 bridgehead atoms. The first kappa shape index (κ1) is 23.9. The lowest BCUT2D eigenvalue weighted by Gasteiger charge is -2.19. The van der Waals surface area contributed by atoms with Gasteiger partial charge in [0.2, 0.25) is 0 Å². The molecule has 1 unspecified atom stereocenters. The highest BCUT2D eigenvalue weighted by Crippen LogP contribution is 2.12. The zero-order valence-electron chi connectivity index (χ0n) is 16.6. The average molecular weight is 364 g/mol. The summed E-state index contributed by atoms with van der Waals surface area (Å²) in [6, 6.07) is -0.0167. The van der Waals surface area contributed by atoms with Crippen molar-refractivity contribution >= 4 is 10.1 Å². The highest BCUT2D eigenvalue weighted by Gasteiger charge is 2.17. The van der Waals surface area contributed by atoms with E-state index < -0.39 is 10.1 Å². The molecule has 5 heteroatoms. The Balaban J connectivity index is 3.39. The number of hydrogen-bond donors (Lipinski definition) is 0. The fourth-order valence-corrected chi connectivity index (χ4v) is 3.98. The molecule has 0 aliphatic carbocycles. The summed E-state index contributed by atoms with van der Waals surface area (Å²) in [6.07, 6.45) is 15.3. The van der Waals surface area contributed by atoms with Gasteiger partial charge in [0.25, 0.3) is 10.1 Å². The summed E-state index contributed by atoms with van der Waals surface area (Å²) < 4.78 is 28.7. The van der Waals surface area contributed by atoms with Gasteiger partial charge >= 0.3 is 0 Å². The second kappa shape index (κ2) is 15.2. The molecule has 0 aromatic heterocycles. The van der Waals surface area contributed by atoms with Crippen LogP contribution < -0.4 is 0 Å². The predicted molar refractivity (Wildman–Crippen MR) is 104 cm³/mol. The van der Waals surface area contributed by atoms with Crippen LogP contribution in [0.3, 0.4) is 0 Å². The van der Waals surface area contributed by atoms with Gasteiger partial charge in [-0.3, -0.25) is 4.18 Å². The smallest absolute Gasteiger partial charge is 0.268 e. The maximum absolute atomic E-state index is 11.8. The third-order valence-electron chi connectivity index (χ3n) is 4.59. The molecule has 1 atom stereocenters. The van der Waals surface area contributed by atoms with Crippen LogP contribution in [0.5, 0.6) is 0 Å². The summed E-state index contributed by atoms with van der Waals surface area (Å²) in [6.45, 7) is 4.48. The predicted octanol–water partition coefficient (Wildman–Crippen LogP) is 4.98. The van der Waals surface area contributed by atoms with E-state index in [4.69, 9.17) is 4.18 Å². The molecule has 0 heterocycles. The molecule has 0 amide bonds. The van der Waals surface area contributed by atoms with Gasteiger partial charge in [0, 0.05) is 6.04 Å². The van der Waals surface area contributed by atoms with E-state index in [1.807, 2.05) is 25.9 Å². The van der Waals surface area contributed by atoms with E-state index in [2.05, 4.69) is 6.92 Å². The summed E-state index contributed by atoms with van der Waals surface area (Å²) in [5.41, 5.74) is 0. The molecule has 0 saturated carbocycles. The lowest BCUT2D eigenvalue weighted by Crippen LogP contribution is -2.32. The monoisotopic (exact) mass is 363 g/mol. The molecule has 24 heavy (non-hydrogen) atoms. The van der Waals surface area contributed by atoms with Gasteiger partial charge in [0.05, 0.1) is 12.4 Å². The molecule has 0 aliphatic heterocycles. The molecule has 0 fully saturated rings. The van der Waals surface area contributed by atoms with E-state index in [1.165, 1.54) is 64.2 Å². The van der Waals surface area contributed by atoms with Crippen molar-refractivity contribution in [1.29, 1.82) is 0 Å². The Kier molecular flexibility index (Phi) is 15.1. The van der Waals surface area contributed by atoms with Crippen molar-refractivity contribution in [2.45, 2.75) is 96.9 Å². The van der Waals surface area contributed by atoms with Crippen molar-refractivity contribution in [1.82, 2.24) is 4.90 Å². The first-order valence-corrected chi connectivity index (χ1v) is 11.5. The Bertz CT molecular complexity index is 369. The number of hydrogen-bond acceptors (Lipinski definition) is 4. The van der Waals surface area contributed by atoms with Gasteiger partial charge in [-0.2, -0.15) is 8.42 Å². The first-order chi connectivity index (χ1) is 11.4. The summed E-state index contributed by atoms with van der Waals surface area (Å²) in [4.78, 5) is 1.89. The second-order valence-electron chi connectivity index (χ2n) is 7.25. The Morgan fingerprint density at radius 2 is 1.21 bits per heavy atom. The highest BCUT2D eigenvalue weighted by molar-refractivity contribution is 7.86. The van der Waals surface area contributed by atoms with Crippen LogP contribution in [0.25, 0.3) is 0 Å². The summed E-state index contributed by atoms with van der Waals surface area (Å²) >= 11 is 0. The standard InChI is InChI=1S/C19H41NO3S/c1-5-6-7-8-9-10-11-12-13-14-15-16-17-23-24(21,22)18-19(2)20(3)4/h19H,5-18H2,1-4H3. The van der Waals surface area contributed by atoms with E-state index >= 15 is 0 Å². The van der Waals surface area contributed by atoms with Crippen molar-refractivity contribution in [2.24, 2.45) is 0 Å². The SMILES string of the molecule is CCCCCCCCCCCCCCOS(=O)(=O)CC(C)N(C)C. The molecule has 0 aliphatic rings. The van der Waals surface area contributed by atoms with Crippen molar-refractivity contribution in [2.75, 3.05) is 26.5 Å². The first-order valence-electron chi connectivity index (χ1n) is 9.92. The molecule has 0 radical (unpaired) electrons. The number of rotatable bonds is 17. The van der Waals surface area contributed by atoms with Gasteiger partial charge < -0.3 is 4.90 Å². The molecule has 0 N–H and O–H groups in total. The van der Waals surface area contributed by atoms with E-state index in [9.17, 15) is 8.42 Å². The van der Waals surface area contributed by atoms with Gasteiger partial charge in [0.15, 0.2) is 0 Å². The minimum absolute atomic E-state index is 0.0167. The second-order valence-corrected chi connectivity index (χ2v) is 8.93. The fourth-order valence-electron chi connectivity index (χ4n) is 2.62. The maximum atomic E-state index is 11.8. The zero-order valence-corrected chi connectivity index (χ0v) is 17.4. The fraction of sp³-hybridized carbons (Fsp3) is 1.00. The third-order valence-corrected chi connectivity index (χ3v) is 6.00. The Morgan fingerprint density at radius 3 is 1.62 bits per heavy atom. The van der Waals surface area contributed by atoms with Crippen LogP contribution in [0.2, 0.25) is 0 Å². The lowest BCUT2D eigenvalue weighted by atomic mass is 10.1. The maximum Gasteiger partial charge on any atom is 0.268 e. The van der Waals surface area contributed by atoms with Crippen molar-refractivity contribution in [3.63, 3.8) is 0 Å². The highest BCUT2D eigenvalue weighted by atomic mass is 32.2. The molecule has 0 rings (SSSR count). The third kappa shape index (κ3) is 15.4. The zero-order chi connectivity index (χ0) is 18.3. The van der Waals surface area contributed by atoms with Gasteiger partial charge in [-0.05, 0) is 27.4 Å². The van der Waals surface area contributed by atoms with Gasteiger partial charge in [-0.15, -0.1) is 0 Å². The molecule has 146 valence electrons. The number of nitrogens with zero attached hydrogens (tertiary/aromatic N) is 1. The van der Waals surface area contributed by atoms with Crippen molar-refractivity contribution in [3.8, 4) is 0 Å². The Morgan fingerprint density at radius 1 is 0.792 bits per heavy atom. The van der Waals surface area contributed by atoms with Crippen molar-refractivity contribution in [3.05, 3.63) is 0 Å². The molecular formula is C19H41NO3S. The molecule has 0 spiro atoms. The van der Waals surface area contributed by atoms with Crippen molar-refractivity contribution < 1.29 is 12.6 Å². The van der Waals surface area contributed by atoms with Gasteiger partial charge in [-0.1, -0.05) is 77.6 Å². The van der Waals surface area contributed by atoms with E-state index in [0.717, 1.165) is 12.8 Å². The summed E-state index contributed by atoms with van der Waals surface area (Å²) in [5.74, 6) is 0.0677. The topological polar surface area (TPSA) is 46.6 Å². The summed E-state index contributed by atoms with van der Waals surface area (Å²) in [7, 11) is 0.379. The Hall–Kier alpha value is -0.130. The molecule has 4 nitrogen and oxygen atoms in total. The van der Waals surface area contributed by atoms with Crippen LogP contribution >= 0.6 is 0 Å².